The summed E-state index contributed by atoms with van der Waals surface area (Å²) in [5.41, 5.74) is 1.22. The van der Waals surface area contributed by atoms with Crippen LogP contribution in [-0.4, -0.2) is 18.1 Å². The van der Waals surface area contributed by atoms with Crippen LogP contribution in [0.15, 0.2) is 22.9 Å². The Morgan fingerprint density at radius 2 is 2.00 bits per heavy atom. The Hall–Kier alpha value is -0.570. The monoisotopic (exact) mass is 268 g/mol. The summed E-state index contributed by atoms with van der Waals surface area (Å²) in [6.45, 7) is 0. The highest BCUT2D eigenvalue weighted by Gasteiger charge is 2.18. The molecule has 1 fully saturated rings. The Labute approximate surface area is 99.8 Å². The average molecular weight is 269 g/mol. The largest absolute Gasteiger partial charge is 0.370 e. The third kappa shape index (κ3) is 2.71. The Kier molecular flexibility index (Phi) is 3.62. The molecule has 1 heterocycles. The maximum absolute atomic E-state index is 4.21. The van der Waals surface area contributed by atoms with Gasteiger partial charge in [-0.25, -0.2) is 0 Å². The van der Waals surface area contributed by atoms with Gasteiger partial charge >= 0.3 is 0 Å². The molecule has 0 bridgehead atoms. The van der Waals surface area contributed by atoms with Crippen molar-refractivity contribution in [1.82, 2.24) is 4.98 Å². The summed E-state index contributed by atoms with van der Waals surface area (Å²) in [6, 6.07) is 2.84. The average Bonchev–Trinajstić information content (AvgIpc) is 2.29. The van der Waals surface area contributed by atoms with Gasteiger partial charge in [0.05, 0.1) is 11.9 Å². The first-order valence-corrected chi connectivity index (χ1v) is 6.40. The lowest BCUT2D eigenvalue weighted by Crippen LogP contribution is -2.33. The maximum atomic E-state index is 4.21. The molecule has 2 nitrogen and oxygen atoms in total. The van der Waals surface area contributed by atoms with E-state index in [1.807, 2.05) is 12.4 Å². The summed E-state index contributed by atoms with van der Waals surface area (Å²) < 4.78 is 1.06. The molecule has 2 rings (SSSR count). The summed E-state index contributed by atoms with van der Waals surface area (Å²) in [4.78, 5) is 6.58. The van der Waals surface area contributed by atoms with Crippen LogP contribution in [0.1, 0.15) is 32.1 Å². The van der Waals surface area contributed by atoms with Crippen LogP contribution in [0.4, 0.5) is 5.69 Å². The number of nitrogens with zero attached hydrogens (tertiary/aromatic N) is 2. The zero-order valence-corrected chi connectivity index (χ0v) is 10.7. The van der Waals surface area contributed by atoms with Crippen LogP contribution in [0.3, 0.4) is 0 Å². The van der Waals surface area contributed by atoms with Crippen molar-refractivity contribution in [2.24, 2.45) is 0 Å². The van der Waals surface area contributed by atoms with Crippen LogP contribution in [-0.2, 0) is 0 Å². The second-order valence-electron chi connectivity index (χ2n) is 4.26. The Bertz CT molecular complexity index is 321. The van der Waals surface area contributed by atoms with Gasteiger partial charge in [-0.1, -0.05) is 19.3 Å². The molecule has 0 unspecified atom stereocenters. The predicted octanol–water partition coefficient (Wildman–Crippen LogP) is 3.61. The first-order chi connectivity index (χ1) is 7.27. The standard InChI is InChI=1S/C12H17BrN2/c1-15(11-5-3-2-4-6-11)12-7-10(13)8-14-9-12/h7-9,11H,2-6H2,1H3. The van der Waals surface area contributed by atoms with Crippen molar-refractivity contribution in [3.05, 3.63) is 22.9 Å². The van der Waals surface area contributed by atoms with E-state index in [0.717, 1.165) is 4.47 Å². The van der Waals surface area contributed by atoms with E-state index in [9.17, 15) is 0 Å². The molecule has 1 aliphatic carbocycles. The van der Waals surface area contributed by atoms with Crippen molar-refractivity contribution in [3.8, 4) is 0 Å². The molecule has 15 heavy (non-hydrogen) atoms. The van der Waals surface area contributed by atoms with Gasteiger partial charge in [-0.05, 0) is 34.8 Å². The quantitative estimate of drug-likeness (QED) is 0.815. The third-order valence-electron chi connectivity index (χ3n) is 3.22. The van der Waals surface area contributed by atoms with Crippen molar-refractivity contribution in [1.29, 1.82) is 0 Å². The molecule has 0 aromatic carbocycles. The smallest absolute Gasteiger partial charge is 0.0563 e. The molecule has 1 aromatic rings. The number of rotatable bonds is 2. The maximum Gasteiger partial charge on any atom is 0.0563 e. The normalized spacial score (nSPS) is 17.7. The lowest BCUT2D eigenvalue weighted by Gasteiger charge is -2.32. The van der Waals surface area contributed by atoms with Gasteiger partial charge in [0.1, 0.15) is 0 Å². The molecule has 3 heteroatoms. The van der Waals surface area contributed by atoms with Gasteiger partial charge in [-0.3, -0.25) is 4.98 Å². The molecule has 0 atom stereocenters. The number of aromatic nitrogens is 1. The van der Waals surface area contributed by atoms with Gasteiger partial charge in [0.15, 0.2) is 0 Å². The molecule has 82 valence electrons. The second-order valence-corrected chi connectivity index (χ2v) is 5.18. The first kappa shape index (κ1) is 10.9. The first-order valence-electron chi connectivity index (χ1n) is 5.61. The minimum atomic E-state index is 0.704. The van der Waals surface area contributed by atoms with E-state index in [0.29, 0.717) is 6.04 Å². The van der Waals surface area contributed by atoms with Crippen molar-refractivity contribution in [2.75, 3.05) is 11.9 Å². The van der Waals surface area contributed by atoms with Gasteiger partial charge < -0.3 is 4.90 Å². The topological polar surface area (TPSA) is 16.1 Å². The van der Waals surface area contributed by atoms with Gasteiger partial charge in [0, 0.05) is 23.8 Å². The van der Waals surface area contributed by atoms with E-state index in [1.165, 1.54) is 37.8 Å². The molecule has 1 aromatic heterocycles. The number of hydrogen-bond donors (Lipinski definition) is 0. The van der Waals surface area contributed by atoms with Crippen LogP contribution < -0.4 is 4.90 Å². The minimum Gasteiger partial charge on any atom is -0.370 e. The Morgan fingerprint density at radius 3 is 2.67 bits per heavy atom. The fraction of sp³-hybridized carbons (Fsp3) is 0.583. The molecule has 0 N–H and O–H groups in total. The number of anilines is 1. The Morgan fingerprint density at radius 1 is 1.27 bits per heavy atom. The summed E-state index contributed by atoms with van der Waals surface area (Å²) in [7, 11) is 2.18. The van der Waals surface area contributed by atoms with Crippen molar-refractivity contribution >= 4 is 21.6 Å². The van der Waals surface area contributed by atoms with Crippen LogP contribution in [0.25, 0.3) is 0 Å². The molecule has 0 aliphatic heterocycles. The second kappa shape index (κ2) is 4.97. The summed E-state index contributed by atoms with van der Waals surface area (Å²) >= 11 is 3.47. The van der Waals surface area contributed by atoms with E-state index < -0.39 is 0 Å². The number of pyridine rings is 1. The molecule has 0 amide bonds. The molecule has 0 saturated heterocycles. The van der Waals surface area contributed by atoms with Crippen LogP contribution in [0, 0.1) is 0 Å². The van der Waals surface area contributed by atoms with E-state index in [2.05, 4.69) is 38.9 Å². The fourth-order valence-corrected chi connectivity index (χ4v) is 2.63. The molecule has 0 spiro atoms. The van der Waals surface area contributed by atoms with Crippen molar-refractivity contribution < 1.29 is 0 Å². The van der Waals surface area contributed by atoms with E-state index in [-0.39, 0.29) is 0 Å². The lowest BCUT2D eigenvalue weighted by molar-refractivity contribution is 0.427. The summed E-state index contributed by atoms with van der Waals surface area (Å²) in [6.07, 6.45) is 10.6. The minimum absolute atomic E-state index is 0.704. The van der Waals surface area contributed by atoms with Crippen molar-refractivity contribution in [3.63, 3.8) is 0 Å². The zero-order chi connectivity index (χ0) is 10.7. The van der Waals surface area contributed by atoms with Gasteiger partial charge in [-0.15, -0.1) is 0 Å². The zero-order valence-electron chi connectivity index (χ0n) is 9.12. The van der Waals surface area contributed by atoms with E-state index in [1.54, 1.807) is 0 Å². The van der Waals surface area contributed by atoms with Gasteiger partial charge in [0.25, 0.3) is 0 Å². The third-order valence-corrected chi connectivity index (χ3v) is 3.65. The molecule has 1 saturated carbocycles. The lowest BCUT2D eigenvalue weighted by atomic mass is 9.94. The summed E-state index contributed by atoms with van der Waals surface area (Å²) in [5.74, 6) is 0. The molecule has 0 radical (unpaired) electrons. The highest BCUT2D eigenvalue weighted by Crippen LogP contribution is 2.26. The molecule has 1 aliphatic rings. The van der Waals surface area contributed by atoms with Crippen LogP contribution >= 0.6 is 15.9 Å². The van der Waals surface area contributed by atoms with Gasteiger partial charge in [0.2, 0.25) is 0 Å². The predicted molar refractivity (Wildman–Crippen MR) is 67.2 cm³/mol. The SMILES string of the molecule is CN(c1cncc(Br)c1)C1CCCCC1. The van der Waals surface area contributed by atoms with Crippen LogP contribution in [0.2, 0.25) is 0 Å². The van der Waals surface area contributed by atoms with Gasteiger partial charge in [-0.2, -0.15) is 0 Å². The van der Waals surface area contributed by atoms with E-state index in [4.69, 9.17) is 0 Å². The fourth-order valence-electron chi connectivity index (χ4n) is 2.27. The number of hydrogen-bond acceptors (Lipinski definition) is 2. The molecular weight excluding hydrogens is 252 g/mol. The summed E-state index contributed by atoms with van der Waals surface area (Å²) in [5, 5.41) is 0. The highest BCUT2D eigenvalue weighted by atomic mass is 79.9. The van der Waals surface area contributed by atoms with Crippen molar-refractivity contribution in [2.45, 2.75) is 38.1 Å². The molecular formula is C12H17BrN2. The Balaban J connectivity index is 2.08. The highest BCUT2D eigenvalue weighted by molar-refractivity contribution is 9.10. The van der Waals surface area contributed by atoms with Crippen LogP contribution in [0.5, 0.6) is 0 Å². The van der Waals surface area contributed by atoms with E-state index >= 15 is 0 Å². The number of halogens is 1.